The Bertz CT molecular complexity index is 2110. The Balaban J connectivity index is 1.49. The average molecular weight is 520 g/mol. The minimum absolute atomic E-state index is 0.248. The molecule has 0 unspecified atom stereocenters. The first-order valence-electron chi connectivity index (χ1n) is 14.5. The van der Waals surface area contributed by atoms with E-state index < -0.39 is 18.5 Å². The molecule has 2 nitrogen and oxygen atoms in total. The molecule has 6 aromatic rings. The van der Waals surface area contributed by atoms with Crippen LogP contribution in [0.3, 0.4) is 0 Å². The lowest BCUT2D eigenvalue weighted by Gasteiger charge is -2.22. The molecule has 0 saturated heterocycles. The minimum Gasteiger partial charge on any atom is -0.454 e. The van der Waals surface area contributed by atoms with Crippen molar-refractivity contribution in [3.8, 4) is 33.5 Å². The van der Waals surface area contributed by atoms with Gasteiger partial charge >= 0.3 is 0 Å². The number of fused-ring (bicyclic) bond motifs is 6. The SMILES string of the molecule is [2H]C([2H])([2H])c1cc(-c2c(C)ccc3c2oc2c(-c4ccc5c(c4)C(C)(C)c4ccccc4-5)c(F)ccc23)[n+](C)cc1F. The van der Waals surface area contributed by atoms with E-state index in [1.807, 2.05) is 37.3 Å². The molecule has 2 aromatic heterocycles. The summed E-state index contributed by atoms with van der Waals surface area (Å²) in [6.45, 7) is 3.64. The highest BCUT2D eigenvalue weighted by Gasteiger charge is 2.35. The van der Waals surface area contributed by atoms with Gasteiger partial charge in [-0.2, -0.15) is 4.57 Å². The van der Waals surface area contributed by atoms with Crippen molar-refractivity contribution >= 4 is 21.9 Å². The van der Waals surface area contributed by atoms with Crippen LogP contribution in [-0.2, 0) is 12.5 Å². The first-order valence-corrected chi connectivity index (χ1v) is 13.0. The lowest BCUT2D eigenvalue weighted by molar-refractivity contribution is -0.662. The molecule has 192 valence electrons. The number of rotatable bonds is 2. The maximum absolute atomic E-state index is 15.8. The van der Waals surface area contributed by atoms with Gasteiger partial charge in [0, 0.05) is 26.4 Å². The van der Waals surface area contributed by atoms with Gasteiger partial charge in [0.15, 0.2) is 5.82 Å². The van der Waals surface area contributed by atoms with Gasteiger partial charge in [-0.15, -0.1) is 0 Å². The number of hydrogen-bond donors (Lipinski definition) is 0. The van der Waals surface area contributed by atoms with Crippen LogP contribution in [0.4, 0.5) is 8.78 Å². The van der Waals surface area contributed by atoms with Crippen molar-refractivity contribution in [2.75, 3.05) is 0 Å². The minimum atomic E-state index is -2.62. The van der Waals surface area contributed by atoms with Gasteiger partial charge < -0.3 is 4.42 Å². The third-order valence-electron chi connectivity index (χ3n) is 8.32. The largest absolute Gasteiger partial charge is 0.454 e. The molecule has 2 heterocycles. The second kappa shape index (κ2) is 8.09. The normalized spacial score (nSPS) is 15.2. The summed E-state index contributed by atoms with van der Waals surface area (Å²) >= 11 is 0. The Morgan fingerprint density at radius 2 is 1.49 bits per heavy atom. The highest BCUT2D eigenvalue weighted by molar-refractivity contribution is 6.13. The summed E-state index contributed by atoms with van der Waals surface area (Å²) in [5, 5.41) is 1.51. The molecule has 0 radical (unpaired) electrons. The first-order chi connectivity index (χ1) is 19.9. The van der Waals surface area contributed by atoms with Crippen molar-refractivity contribution in [2.24, 2.45) is 7.05 Å². The molecule has 0 spiro atoms. The standard InChI is InChI=1S/C35H28F2NO/c1-19-10-12-24-25-14-15-28(36)32(34(25)39-33(24)31(19)30-16-20(2)29(37)18-38(30)5)21-11-13-23-22-8-6-7-9-26(22)35(3,4)27(23)17-21/h6-18H,1-5H3/q+1/i2D3. The molecule has 4 aromatic carbocycles. The summed E-state index contributed by atoms with van der Waals surface area (Å²) in [4.78, 5) is 0. The Labute approximate surface area is 230 Å². The predicted molar refractivity (Wildman–Crippen MR) is 153 cm³/mol. The molecule has 4 heteroatoms. The number of furan rings is 1. The molecule has 0 saturated carbocycles. The molecular formula is C35H28F2NO+. The van der Waals surface area contributed by atoms with E-state index in [-0.39, 0.29) is 11.0 Å². The van der Waals surface area contributed by atoms with Crippen molar-refractivity contribution in [3.05, 3.63) is 113 Å². The maximum atomic E-state index is 15.8. The van der Waals surface area contributed by atoms with Gasteiger partial charge in [0.25, 0.3) is 0 Å². The van der Waals surface area contributed by atoms with Crippen LogP contribution in [0.2, 0.25) is 0 Å². The Morgan fingerprint density at radius 3 is 2.28 bits per heavy atom. The number of pyridine rings is 1. The summed E-state index contributed by atoms with van der Waals surface area (Å²) in [6.07, 6.45) is 1.17. The number of hydrogen-bond acceptors (Lipinski definition) is 1. The smallest absolute Gasteiger partial charge is 0.216 e. The number of aromatic nitrogens is 1. The van der Waals surface area contributed by atoms with E-state index in [1.54, 1.807) is 17.7 Å². The average Bonchev–Trinajstić information content (AvgIpc) is 3.41. The Hall–Kier alpha value is -4.31. The predicted octanol–water partition coefficient (Wildman–Crippen LogP) is 8.95. The number of aryl methyl sites for hydroxylation is 3. The number of halogens is 2. The molecule has 0 N–H and O–H groups in total. The highest BCUT2D eigenvalue weighted by Crippen LogP contribution is 2.50. The second-order valence-corrected chi connectivity index (χ2v) is 11.0. The number of benzene rings is 4. The topological polar surface area (TPSA) is 17.0 Å². The zero-order valence-corrected chi connectivity index (χ0v) is 22.1. The molecule has 1 aliphatic rings. The van der Waals surface area contributed by atoms with Gasteiger partial charge in [0.2, 0.25) is 11.9 Å². The summed E-state index contributed by atoms with van der Waals surface area (Å²) in [5.74, 6) is -1.20. The fourth-order valence-corrected chi connectivity index (χ4v) is 6.29. The zero-order valence-electron chi connectivity index (χ0n) is 25.1. The third-order valence-corrected chi connectivity index (χ3v) is 8.32. The van der Waals surface area contributed by atoms with E-state index in [0.717, 1.165) is 27.5 Å². The second-order valence-electron chi connectivity index (χ2n) is 11.0. The van der Waals surface area contributed by atoms with E-state index in [4.69, 9.17) is 8.53 Å². The molecule has 0 bridgehead atoms. The lowest BCUT2D eigenvalue weighted by Crippen LogP contribution is -2.31. The van der Waals surface area contributed by atoms with Crippen molar-refractivity contribution in [1.29, 1.82) is 0 Å². The van der Waals surface area contributed by atoms with E-state index in [9.17, 15) is 4.39 Å². The molecule has 39 heavy (non-hydrogen) atoms. The molecule has 7 rings (SSSR count). The summed E-state index contributed by atoms with van der Waals surface area (Å²) in [7, 11) is 1.66. The molecular weight excluding hydrogens is 488 g/mol. The Morgan fingerprint density at radius 1 is 0.769 bits per heavy atom. The first kappa shape index (κ1) is 20.6. The van der Waals surface area contributed by atoms with E-state index in [0.29, 0.717) is 33.6 Å². The highest BCUT2D eigenvalue weighted by atomic mass is 19.1. The zero-order chi connectivity index (χ0) is 29.7. The van der Waals surface area contributed by atoms with E-state index >= 15 is 4.39 Å². The summed E-state index contributed by atoms with van der Waals surface area (Å²) in [5.41, 5.74) is 8.01. The maximum Gasteiger partial charge on any atom is 0.216 e. The van der Waals surface area contributed by atoms with E-state index in [1.165, 1.54) is 29.5 Å². The van der Waals surface area contributed by atoms with Crippen LogP contribution >= 0.6 is 0 Å². The molecule has 0 amide bonds. The van der Waals surface area contributed by atoms with Crippen LogP contribution in [-0.4, -0.2) is 0 Å². The van der Waals surface area contributed by atoms with Crippen molar-refractivity contribution in [1.82, 2.24) is 0 Å². The van der Waals surface area contributed by atoms with Gasteiger partial charge in [-0.25, -0.2) is 8.78 Å². The lowest BCUT2D eigenvalue weighted by atomic mass is 9.81. The number of nitrogens with zero attached hydrogens (tertiary/aromatic N) is 1. The van der Waals surface area contributed by atoms with Crippen LogP contribution < -0.4 is 4.57 Å². The van der Waals surface area contributed by atoms with Gasteiger partial charge in [0.05, 0.1) is 11.1 Å². The van der Waals surface area contributed by atoms with Crippen molar-refractivity contribution in [3.63, 3.8) is 0 Å². The van der Waals surface area contributed by atoms with Crippen LogP contribution in [0.15, 0.2) is 83.4 Å². The van der Waals surface area contributed by atoms with Crippen LogP contribution in [0.5, 0.6) is 0 Å². The fourth-order valence-electron chi connectivity index (χ4n) is 6.29. The van der Waals surface area contributed by atoms with Crippen LogP contribution in [0, 0.1) is 25.4 Å². The summed E-state index contributed by atoms with van der Waals surface area (Å²) in [6, 6.07) is 22.8. The molecule has 0 fully saturated rings. The van der Waals surface area contributed by atoms with Crippen molar-refractivity contribution in [2.45, 2.75) is 33.0 Å². The van der Waals surface area contributed by atoms with Gasteiger partial charge in [-0.05, 0) is 70.9 Å². The van der Waals surface area contributed by atoms with Crippen LogP contribution in [0.25, 0.3) is 55.4 Å². The fraction of sp³-hybridized carbons (Fsp3) is 0.171. The molecule has 0 aliphatic heterocycles. The molecule has 1 aliphatic carbocycles. The third kappa shape index (κ3) is 3.27. The van der Waals surface area contributed by atoms with Crippen LogP contribution in [0.1, 0.15) is 40.2 Å². The van der Waals surface area contributed by atoms with Crippen molar-refractivity contribution < 1.29 is 21.9 Å². The van der Waals surface area contributed by atoms with Gasteiger partial charge in [-0.3, -0.25) is 0 Å². The quantitative estimate of drug-likeness (QED) is 0.209. The Kier molecular flexibility index (Phi) is 4.28. The van der Waals surface area contributed by atoms with E-state index in [2.05, 4.69) is 38.1 Å². The summed E-state index contributed by atoms with van der Waals surface area (Å²) < 4.78 is 62.1. The molecule has 0 atom stereocenters. The monoisotopic (exact) mass is 519 g/mol. The van der Waals surface area contributed by atoms with Gasteiger partial charge in [-0.1, -0.05) is 62.4 Å². The van der Waals surface area contributed by atoms with Gasteiger partial charge in [0.1, 0.15) is 24.0 Å².